The maximum absolute atomic E-state index is 13.6. The second kappa shape index (κ2) is 13.0. The zero-order chi connectivity index (χ0) is 26.0. The Labute approximate surface area is 208 Å². The molecule has 0 heterocycles. The van der Waals surface area contributed by atoms with E-state index in [-0.39, 0.29) is 18.1 Å². The van der Waals surface area contributed by atoms with E-state index in [2.05, 4.69) is 5.32 Å². The fourth-order valence-corrected chi connectivity index (χ4v) is 4.33. The lowest BCUT2D eigenvalue weighted by molar-refractivity contribution is -0.139. The average Bonchev–Trinajstić information content (AvgIpc) is 2.85. The van der Waals surface area contributed by atoms with Crippen molar-refractivity contribution in [1.82, 2.24) is 10.2 Å². The number of sulfonamides is 1. The lowest BCUT2D eigenvalue weighted by Gasteiger charge is -2.31. The zero-order valence-electron chi connectivity index (χ0n) is 21.0. The molecule has 0 unspecified atom stereocenters. The Morgan fingerprint density at radius 2 is 1.69 bits per heavy atom. The van der Waals surface area contributed by atoms with Gasteiger partial charge in [0.2, 0.25) is 21.8 Å². The Bertz CT molecular complexity index is 1090. The van der Waals surface area contributed by atoms with Crippen LogP contribution in [-0.2, 0) is 26.2 Å². The molecule has 0 saturated heterocycles. The van der Waals surface area contributed by atoms with E-state index in [0.29, 0.717) is 18.0 Å². The van der Waals surface area contributed by atoms with E-state index in [1.54, 1.807) is 62.6 Å². The molecule has 0 bridgehead atoms. The van der Waals surface area contributed by atoms with Crippen LogP contribution in [0.3, 0.4) is 0 Å². The van der Waals surface area contributed by atoms with Crippen molar-refractivity contribution in [2.75, 3.05) is 37.9 Å². The zero-order valence-corrected chi connectivity index (χ0v) is 21.8. The standard InChI is InChI=1S/C25H35N3O6S/c1-6-7-16-26-25(30)19(2)27(17-20-12-14-21(33-3)15-13-20)24(29)18-28(35(5,31)32)22-10-8-9-11-23(22)34-4/h8-15,19H,6-7,16-18H2,1-5H3,(H,26,30)/t19-/m1/s1. The van der Waals surface area contributed by atoms with Gasteiger partial charge in [-0.25, -0.2) is 8.42 Å². The van der Waals surface area contributed by atoms with E-state index in [4.69, 9.17) is 9.47 Å². The highest BCUT2D eigenvalue weighted by molar-refractivity contribution is 7.92. The molecule has 0 aromatic heterocycles. The van der Waals surface area contributed by atoms with Crippen LogP contribution in [0.5, 0.6) is 11.5 Å². The van der Waals surface area contributed by atoms with Gasteiger partial charge < -0.3 is 19.7 Å². The molecule has 192 valence electrons. The summed E-state index contributed by atoms with van der Waals surface area (Å²) in [6.07, 6.45) is 2.77. The first-order valence-corrected chi connectivity index (χ1v) is 13.3. The van der Waals surface area contributed by atoms with Gasteiger partial charge in [-0.15, -0.1) is 0 Å². The highest BCUT2D eigenvalue weighted by Crippen LogP contribution is 2.29. The summed E-state index contributed by atoms with van der Waals surface area (Å²) in [7, 11) is -0.845. The molecule has 2 rings (SSSR count). The quantitative estimate of drug-likeness (QED) is 0.420. The second-order valence-corrected chi connectivity index (χ2v) is 10.0. The number of para-hydroxylation sites is 2. The first-order valence-electron chi connectivity index (χ1n) is 11.4. The van der Waals surface area contributed by atoms with Crippen LogP contribution in [0.2, 0.25) is 0 Å². The van der Waals surface area contributed by atoms with E-state index in [0.717, 1.165) is 29.0 Å². The molecule has 0 aliphatic carbocycles. The second-order valence-electron chi connectivity index (χ2n) is 8.13. The summed E-state index contributed by atoms with van der Waals surface area (Å²) in [6.45, 7) is 3.79. The van der Waals surface area contributed by atoms with Crippen molar-refractivity contribution in [2.45, 2.75) is 39.3 Å². The molecule has 10 heteroatoms. The van der Waals surface area contributed by atoms with Gasteiger partial charge in [0, 0.05) is 13.1 Å². The van der Waals surface area contributed by atoms with Crippen LogP contribution >= 0.6 is 0 Å². The number of amides is 2. The molecule has 1 N–H and O–H groups in total. The van der Waals surface area contributed by atoms with Gasteiger partial charge in [0.15, 0.2) is 0 Å². The van der Waals surface area contributed by atoms with E-state index >= 15 is 0 Å². The third kappa shape index (κ3) is 7.88. The summed E-state index contributed by atoms with van der Waals surface area (Å²) in [5.41, 5.74) is 1.02. The molecule has 2 aromatic rings. The third-order valence-corrected chi connectivity index (χ3v) is 6.67. The summed E-state index contributed by atoms with van der Waals surface area (Å²) in [5.74, 6) is 0.160. The normalized spacial score (nSPS) is 11.9. The van der Waals surface area contributed by atoms with Crippen molar-refractivity contribution in [3.8, 4) is 11.5 Å². The minimum absolute atomic E-state index is 0.120. The molecule has 35 heavy (non-hydrogen) atoms. The van der Waals surface area contributed by atoms with Crippen LogP contribution in [0, 0.1) is 0 Å². The van der Waals surface area contributed by atoms with Crippen LogP contribution in [0.25, 0.3) is 0 Å². The lowest BCUT2D eigenvalue weighted by Crippen LogP contribution is -2.51. The van der Waals surface area contributed by atoms with Crippen LogP contribution in [0.1, 0.15) is 32.3 Å². The van der Waals surface area contributed by atoms with Crippen molar-refractivity contribution < 1.29 is 27.5 Å². The van der Waals surface area contributed by atoms with Crippen LogP contribution < -0.4 is 19.1 Å². The molecule has 1 atom stereocenters. The fraction of sp³-hybridized carbons (Fsp3) is 0.440. The number of unbranched alkanes of at least 4 members (excludes halogenated alkanes) is 1. The molecule has 0 aliphatic rings. The lowest BCUT2D eigenvalue weighted by atomic mass is 10.1. The van der Waals surface area contributed by atoms with Crippen LogP contribution in [-0.4, -0.2) is 64.7 Å². The number of nitrogens with one attached hydrogen (secondary N) is 1. The van der Waals surface area contributed by atoms with Gasteiger partial charge in [0.25, 0.3) is 0 Å². The number of carbonyl (C=O) groups is 2. The third-order valence-electron chi connectivity index (χ3n) is 5.54. The van der Waals surface area contributed by atoms with Crippen molar-refractivity contribution >= 4 is 27.5 Å². The van der Waals surface area contributed by atoms with E-state index in [1.165, 1.54) is 12.0 Å². The number of anilines is 1. The van der Waals surface area contributed by atoms with Gasteiger partial charge in [0.05, 0.1) is 26.2 Å². The Morgan fingerprint density at radius 1 is 1.03 bits per heavy atom. The molecule has 9 nitrogen and oxygen atoms in total. The monoisotopic (exact) mass is 505 g/mol. The van der Waals surface area contributed by atoms with E-state index < -0.39 is 28.5 Å². The highest BCUT2D eigenvalue weighted by atomic mass is 32.2. The molecule has 2 aromatic carbocycles. The van der Waals surface area contributed by atoms with Crippen molar-refractivity contribution in [3.63, 3.8) is 0 Å². The average molecular weight is 506 g/mol. The van der Waals surface area contributed by atoms with Gasteiger partial charge in [-0.3, -0.25) is 13.9 Å². The van der Waals surface area contributed by atoms with Crippen molar-refractivity contribution in [1.29, 1.82) is 0 Å². The molecule has 0 spiro atoms. The van der Waals surface area contributed by atoms with Gasteiger partial charge in [-0.1, -0.05) is 37.6 Å². The Balaban J connectivity index is 2.38. The predicted octanol–water partition coefficient (Wildman–Crippen LogP) is 2.80. The number of nitrogens with zero attached hydrogens (tertiary/aromatic N) is 2. The Kier molecular flexibility index (Phi) is 10.4. The number of methoxy groups -OCH3 is 2. The highest BCUT2D eigenvalue weighted by Gasteiger charge is 2.31. The topological polar surface area (TPSA) is 105 Å². The summed E-state index contributed by atoms with van der Waals surface area (Å²) < 4.78 is 36.8. The van der Waals surface area contributed by atoms with Crippen LogP contribution in [0.4, 0.5) is 5.69 Å². The van der Waals surface area contributed by atoms with Crippen molar-refractivity contribution in [2.24, 2.45) is 0 Å². The SMILES string of the molecule is CCCCNC(=O)[C@@H](C)N(Cc1ccc(OC)cc1)C(=O)CN(c1ccccc1OC)S(C)(=O)=O. The number of ether oxygens (including phenoxy) is 2. The molecule has 0 saturated carbocycles. The maximum Gasteiger partial charge on any atom is 0.244 e. The Hall–Kier alpha value is -3.27. The summed E-state index contributed by atoms with van der Waals surface area (Å²) >= 11 is 0. The Morgan fingerprint density at radius 3 is 2.26 bits per heavy atom. The number of hydrogen-bond donors (Lipinski definition) is 1. The van der Waals surface area contributed by atoms with Gasteiger partial charge in [-0.2, -0.15) is 0 Å². The van der Waals surface area contributed by atoms with Gasteiger partial charge in [0.1, 0.15) is 24.1 Å². The fourth-order valence-electron chi connectivity index (χ4n) is 3.48. The first-order chi connectivity index (χ1) is 16.6. The predicted molar refractivity (Wildman–Crippen MR) is 136 cm³/mol. The summed E-state index contributed by atoms with van der Waals surface area (Å²) in [4.78, 5) is 27.8. The molecular formula is C25H35N3O6S. The van der Waals surface area contributed by atoms with Crippen LogP contribution in [0.15, 0.2) is 48.5 Å². The smallest absolute Gasteiger partial charge is 0.244 e. The maximum atomic E-state index is 13.6. The molecule has 0 aliphatic heterocycles. The van der Waals surface area contributed by atoms with Gasteiger partial charge >= 0.3 is 0 Å². The molecule has 0 fully saturated rings. The number of carbonyl (C=O) groups excluding carboxylic acids is 2. The molecule has 2 amide bonds. The number of hydrogen-bond acceptors (Lipinski definition) is 6. The van der Waals surface area contributed by atoms with Gasteiger partial charge in [-0.05, 0) is 43.2 Å². The molecule has 0 radical (unpaired) electrons. The minimum atomic E-state index is -3.84. The summed E-state index contributed by atoms with van der Waals surface area (Å²) in [6, 6.07) is 12.9. The first kappa shape index (κ1) is 28.0. The molecular weight excluding hydrogens is 470 g/mol. The number of rotatable bonds is 13. The number of benzene rings is 2. The van der Waals surface area contributed by atoms with E-state index in [9.17, 15) is 18.0 Å². The van der Waals surface area contributed by atoms with E-state index in [1.807, 2.05) is 6.92 Å². The minimum Gasteiger partial charge on any atom is -0.497 e. The summed E-state index contributed by atoms with van der Waals surface area (Å²) in [5, 5.41) is 2.85. The van der Waals surface area contributed by atoms with Crippen molar-refractivity contribution in [3.05, 3.63) is 54.1 Å². The largest absolute Gasteiger partial charge is 0.497 e.